The van der Waals surface area contributed by atoms with Crippen molar-refractivity contribution in [2.45, 2.75) is 31.8 Å². The molecule has 0 bridgehead atoms. The van der Waals surface area contributed by atoms with Gasteiger partial charge in [0.15, 0.2) is 0 Å². The van der Waals surface area contributed by atoms with Crippen LogP contribution in [0.15, 0.2) is 35.7 Å². The fraction of sp³-hybridized carbons (Fsp3) is 0.385. The van der Waals surface area contributed by atoms with Crippen LogP contribution in [0.25, 0.3) is 0 Å². The molecule has 2 nitrogen and oxygen atoms in total. The number of rotatable bonds is 1. The Morgan fingerprint density at radius 3 is 2.25 bits per heavy atom. The Bertz CT molecular complexity index is 403. The van der Waals surface area contributed by atoms with Crippen molar-refractivity contribution in [3.8, 4) is 0 Å². The van der Waals surface area contributed by atoms with E-state index >= 15 is 0 Å². The first-order valence-electron chi connectivity index (χ1n) is 5.42. The van der Waals surface area contributed by atoms with Crippen molar-refractivity contribution in [1.82, 2.24) is 4.72 Å². The molecular formula is C13H18N2S. The number of benzene rings is 1. The third-order valence-electron chi connectivity index (χ3n) is 2.86. The van der Waals surface area contributed by atoms with E-state index in [0.29, 0.717) is 0 Å². The van der Waals surface area contributed by atoms with Crippen molar-refractivity contribution in [3.05, 3.63) is 46.9 Å². The second-order valence-electron chi connectivity index (χ2n) is 5.22. The van der Waals surface area contributed by atoms with Gasteiger partial charge < -0.3 is 5.73 Å². The van der Waals surface area contributed by atoms with Gasteiger partial charge in [-0.2, -0.15) is 0 Å². The summed E-state index contributed by atoms with van der Waals surface area (Å²) in [6.45, 7) is 6.64. The first-order chi connectivity index (χ1) is 7.42. The molecule has 0 aromatic heterocycles. The summed E-state index contributed by atoms with van der Waals surface area (Å²) in [7, 11) is 0. The first kappa shape index (κ1) is 11.7. The van der Waals surface area contributed by atoms with Gasteiger partial charge in [0.2, 0.25) is 0 Å². The topological polar surface area (TPSA) is 38.0 Å². The van der Waals surface area contributed by atoms with Crippen LogP contribution in [-0.2, 0) is 11.1 Å². The standard InChI is InChI=1S/C13H18N2S/c1-12(2,3)10-4-6-11(7-5-10)13(14)8-9-16-15-13/h4-9,15H,14H2,1-3H3. The van der Waals surface area contributed by atoms with Gasteiger partial charge in [-0.3, -0.25) is 0 Å². The van der Waals surface area contributed by atoms with Gasteiger partial charge in [-0.15, -0.1) is 0 Å². The van der Waals surface area contributed by atoms with E-state index in [9.17, 15) is 0 Å². The highest BCUT2D eigenvalue weighted by Gasteiger charge is 2.27. The molecular weight excluding hydrogens is 216 g/mol. The second kappa shape index (κ2) is 3.91. The van der Waals surface area contributed by atoms with Crippen LogP contribution in [0.1, 0.15) is 31.9 Å². The Balaban J connectivity index is 2.29. The largest absolute Gasteiger partial charge is 0.305 e. The number of nitrogens with one attached hydrogen (secondary N) is 1. The van der Waals surface area contributed by atoms with E-state index in [-0.39, 0.29) is 5.41 Å². The highest BCUT2D eigenvalue weighted by Crippen LogP contribution is 2.28. The summed E-state index contributed by atoms with van der Waals surface area (Å²) in [6.07, 6.45) is 1.99. The Hall–Kier alpha value is -0.770. The molecule has 16 heavy (non-hydrogen) atoms. The highest BCUT2D eigenvalue weighted by atomic mass is 32.2. The van der Waals surface area contributed by atoms with E-state index in [2.05, 4.69) is 49.8 Å². The van der Waals surface area contributed by atoms with Crippen molar-refractivity contribution in [3.63, 3.8) is 0 Å². The molecule has 0 spiro atoms. The first-order valence-corrected chi connectivity index (χ1v) is 6.30. The molecule has 2 rings (SSSR count). The van der Waals surface area contributed by atoms with Crippen LogP contribution in [0.5, 0.6) is 0 Å². The van der Waals surface area contributed by atoms with Gasteiger partial charge in [0.25, 0.3) is 0 Å². The van der Waals surface area contributed by atoms with Gasteiger partial charge >= 0.3 is 0 Å². The third kappa shape index (κ3) is 2.17. The minimum absolute atomic E-state index is 0.188. The van der Waals surface area contributed by atoms with Crippen molar-refractivity contribution in [1.29, 1.82) is 0 Å². The molecule has 0 saturated heterocycles. The third-order valence-corrected chi connectivity index (χ3v) is 3.58. The van der Waals surface area contributed by atoms with Crippen LogP contribution in [0.4, 0.5) is 0 Å². The molecule has 86 valence electrons. The molecule has 0 saturated carbocycles. The molecule has 1 aliphatic rings. The summed E-state index contributed by atoms with van der Waals surface area (Å²) < 4.78 is 3.19. The Morgan fingerprint density at radius 2 is 1.81 bits per heavy atom. The lowest BCUT2D eigenvalue weighted by atomic mass is 9.86. The maximum Gasteiger partial charge on any atom is 0.122 e. The predicted octanol–water partition coefficient (Wildman–Crippen LogP) is 2.86. The Kier molecular flexibility index (Phi) is 2.86. The minimum Gasteiger partial charge on any atom is -0.305 e. The fourth-order valence-corrected chi connectivity index (χ4v) is 2.44. The predicted molar refractivity (Wildman–Crippen MR) is 70.9 cm³/mol. The van der Waals surface area contributed by atoms with Gasteiger partial charge in [0.05, 0.1) is 0 Å². The van der Waals surface area contributed by atoms with Crippen LogP contribution >= 0.6 is 11.9 Å². The van der Waals surface area contributed by atoms with Crippen molar-refractivity contribution in [2.24, 2.45) is 5.73 Å². The van der Waals surface area contributed by atoms with E-state index in [0.717, 1.165) is 5.56 Å². The minimum atomic E-state index is -0.513. The molecule has 0 fully saturated rings. The number of hydrogen-bond acceptors (Lipinski definition) is 3. The molecule has 0 aliphatic carbocycles. The van der Waals surface area contributed by atoms with E-state index in [1.165, 1.54) is 17.5 Å². The maximum atomic E-state index is 6.22. The quantitative estimate of drug-likeness (QED) is 0.734. The van der Waals surface area contributed by atoms with Gasteiger partial charge in [-0.1, -0.05) is 57.0 Å². The van der Waals surface area contributed by atoms with E-state index in [1.54, 1.807) is 0 Å². The zero-order valence-corrected chi connectivity index (χ0v) is 10.8. The number of nitrogens with two attached hydrogens (primary N) is 1. The molecule has 3 N–H and O–H groups in total. The molecule has 1 aromatic rings. The van der Waals surface area contributed by atoms with E-state index < -0.39 is 5.66 Å². The fourth-order valence-electron chi connectivity index (χ4n) is 1.71. The molecule has 0 radical (unpaired) electrons. The summed E-state index contributed by atoms with van der Waals surface area (Å²) in [6, 6.07) is 8.51. The van der Waals surface area contributed by atoms with Gasteiger partial charge in [0, 0.05) is 0 Å². The zero-order chi connectivity index (χ0) is 11.8. The van der Waals surface area contributed by atoms with Gasteiger partial charge in [-0.25, -0.2) is 4.72 Å². The highest BCUT2D eigenvalue weighted by molar-refractivity contribution is 8.00. The molecule has 1 heterocycles. The SMILES string of the molecule is CC(C)(C)c1ccc(C2(N)C=CSN2)cc1. The van der Waals surface area contributed by atoms with Crippen molar-refractivity contribution < 1.29 is 0 Å². The molecule has 1 unspecified atom stereocenters. The molecule has 1 atom stereocenters. The molecule has 1 aromatic carbocycles. The lowest BCUT2D eigenvalue weighted by molar-refractivity contribution is 0.552. The lowest BCUT2D eigenvalue weighted by Crippen LogP contribution is -2.42. The molecule has 1 aliphatic heterocycles. The van der Waals surface area contributed by atoms with Crippen molar-refractivity contribution >= 4 is 11.9 Å². The van der Waals surface area contributed by atoms with Crippen LogP contribution < -0.4 is 10.5 Å². The number of hydrogen-bond donors (Lipinski definition) is 2. The van der Waals surface area contributed by atoms with E-state index in [4.69, 9.17) is 5.73 Å². The van der Waals surface area contributed by atoms with Crippen LogP contribution in [-0.4, -0.2) is 0 Å². The normalized spacial score (nSPS) is 25.0. The van der Waals surface area contributed by atoms with Crippen LogP contribution in [0.2, 0.25) is 0 Å². The molecule has 0 amide bonds. The van der Waals surface area contributed by atoms with Gasteiger partial charge in [0.1, 0.15) is 5.66 Å². The summed E-state index contributed by atoms with van der Waals surface area (Å²) >= 11 is 1.53. The maximum absolute atomic E-state index is 6.22. The van der Waals surface area contributed by atoms with E-state index in [1.807, 2.05) is 11.5 Å². The Labute approximate surface area is 101 Å². The summed E-state index contributed by atoms with van der Waals surface area (Å²) in [5.74, 6) is 0. The van der Waals surface area contributed by atoms with Crippen LogP contribution in [0, 0.1) is 0 Å². The monoisotopic (exact) mass is 234 g/mol. The lowest BCUT2D eigenvalue weighted by Gasteiger charge is -2.24. The summed E-state index contributed by atoms with van der Waals surface area (Å²) in [4.78, 5) is 0. The summed E-state index contributed by atoms with van der Waals surface area (Å²) in [5.41, 5.74) is 8.32. The second-order valence-corrected chi connectivity index (χ2v) is 5.93. The smallest absolute Gasteiger partial charge is 0.122 e. The van der Waals surface area contributed by atoms with Crippen LogP contribution in [0.3, 0.4) is 0 Å². The van der Waals surface area contributed by atoms with Gasteiger partial charge in [-0.05, 0) is 28.0 Å². The summed E-state index contributed by atoms with van der Waals surface area (Å²) in [5, 5.41) is 1.98. The zero-order valence-electron chi connectivity index (χ0n) is 9.95. The molecule has 3 heteroatoms. The average molecular weight is 234 g/mol. The average Bonchev–Trinajstić information content (AvgIpc) is 2.66. The Morgan fingerprint density at radius 1 is 1.19 bits per heavy atom. The van der Waals surface area contributed by atoms with Crippen molar-refractivity contribution in [2.75, 3.05) is 0 Å².